The number of nitrogens with one attached hydrogen (secondary N) is 1. The summed E-state index contributed by atoms with van der Waals surface area (Å²) in [4.78, 5) is 12.2. The van der Waals surface area contributed by atoms with Gasteiger partial charge in [0, 0.05) is 6.04 Å². The van der Waals surface area contributed by atoms with Crippen LogP contribution in [-0.2, 0) is 20.5 Å². The van der Waals surface area contributed by atoms with Gasteiger partial charge in [0.05, 0.1) is 12.0 Å². The van der Waals surface area contributed by atoms with Gasteiger partial charge in [-0.1, -0.05) is 31.5 Å². The van der Waals surface area contributed by atoms with Crippen LogP contribution >= 0.6 is 0 Å². The van der Waals surface area contributed by atoms with Crippen molar-refractivity contribution in [1.29, 1.82) is 0 Å². The second kappa shape index (κ2) is 7.52. The highest BCUT2D eigenvalue weighted by Crippen LogP contribution is 2.12. The predicted molar refractivity (Wildman–Crippen MR) is 79.3 cm³/mol. The number of hydrogen-bond acceptors (Lipinski definition) is 4. The van der Waals surface area contributed by atoms with Crippen molar-refractivity contribution >= 4 is 17.0 Å². The molecule has 0 amide bonds. The largest absolute Gasteiger partial charge is 0.468 e. The molecule has 0 aliphatic carbocycles. The molecule has 6 heteroatoms. The molecule has 0 fully saturated rings. The Morgan fingerprint density at radius 2 is 1.85 bits per heavy atom. The minimum atomic E-state index is -1.42. The normalized spacial score (nSPS) is 15.7. The Morgan fingerprint density at radius 3 is 2.30 bits per heavy atom. The van der Waals surface area contributed by atoms with Gasteiger partial charge >= 0.3 is 5.97 Å². The molecular weight excluding hydrogens is 276 g/mol. The highest BCUT2D eigenvalue weighted by atomic mass is 32.2. The summed E-state index contributed by atoms with van der Waals surface area (Å²) in [7, 11) is -0.131. The quantitative estimate of drug-likeness (QED) is 0.772. The number of ether oxygens (including phenoxy) is 1. The van der Waals surface area contributed by atoms with Crippen LogP contribution in [-0.4, -0.2) is 29.4 Å². The lowest BCUT2D eigenvalue weighted by Gasteiger charge is -2.26. The molecule has 3 atom stereocenters. The Morgan fingerprint density at radius 1 is 1.30 bits per heavy atom. The predicted octanol–water partition coefficient (Wildman–Crippen LogP) is 1.13. The standard InChI is InChI=1S/C14H22N2O3S/c1-9(2)13(12(15)14(17)19-4)16-20(18)11-7-5-10(3)6-8-11/h5-9,12-13,16H,15H2,1-4H3/t12-,13+,20?/m0/s1. The lowest BCUT2D eigenvalue weighted by molar-refractivity contribution is -0.143. The SMILES string of the molecule is COC(=O)[C@@H](N)[C@H](NS(=O)c1ccc(C)cc1)C(C)C. The molecule has 3 N–H and O–H groups in total. The summed E-state index contributed by atoms with van der Waals surface area (Å²) in [6.07, 6.45) is 0. The van der Waals surface area contributed by atoms with E-state index in [1.165, 1.54) is 7.11 Å². The van der Waals surface area contributed by atoms with Gasteiger partial charge in [-0.3, -0.25) is 4.79 Å². The minimum Gasteiger partial charge on any atom is -0.468 e. The van der Waals surface area contributed by atoms with Crippen LogP contribution in [0.15, 0.2) is 29.2 Å². The first kappa shape index (κ1) is 16.8. The molecule has 20 heavy (non-hydrogen) atoms. The zero-order chi connectivity index (χ0) is 15.3. The molecule has 112 valence electrons. The van der Waals surface area contributed by atoms with Crippen LogP contribution in [0, 0.1) is 12.8 Å². The van der Waals surface area contributed by atoms with Gasteiger partial charge < -0.3 is 10.5 Å². The Labute approximate surface area is 122 Å². The van der Waals surface area contributed by atoms with E-state index in [0.29, 0.717) is 4.90 Å². The number of rotatable bonds is 6. The van der Waals surface area contributed by atoms with Crippen molar-refractivity contribution in [3.63, 3.8) is 0 Å². The molecule has 0 aliphatic rings. The fourth-order valence-electron chi connectivity index (χ4n) is 1.76. The summed E-state index contributed by atoms with van der Waals surface area (Å²) in [5.41, 5.74) is 6.95. The van der Waals surface area contributed by atoms with E-state index in [9.17, 15) is 9.00 Å². The van der Waals surface area contributed by atoms with Crippen LogP contribution in [0.2, 0.25) is 0 Å². The van der Waals surface area contributed by atoms with Crippen LogP contribution < -0.4 is 10.5 Å². The van der Waals surface area contributed by atoms with E-state index in [0.717, 1.165) is 5.56 Å². The van der Waals surface area contributed by atoms with Crippen LogP contribution in [0.3, 0.4) is 0 Å². The fraction of sp³-hybridized carbons (Fsp3) is 0.500. The van der Waals surface area contributed by atoms with Crippen molar-refractivity contribution in [2.75, 3.05) is 7.11 Å². The number of hydrogen-bond donors (Lipinski definition) is 2. The van der Waals surface area contributed by atoms with Crippen molar-refractivity contribution in [2.45, 2.75) is 37.8 Å². The minimum absolute atomic E-state index is 0.0403. The molecule has 0 saturated heterocycles. The van der Waals surface area contributed by atoms with Gasteiger partial charge in [0.25, 0.3) is 0 Å². The maximum Gasteiger partial charge on any atom is 0.324 e. The second-order valence-electron chi connectivity index (χ2n) is 5.02. The van der Waals surface area contributed by atoms with Crippen LogP contribution in [0.25, 0.3) is 0 Å². The van der Waals surface area contributed by atoms with E-state index in [-0.39, 0.29) is 5.92 Å². The number of carbonyl (C=O) groups excluding carboxylic acids is 1. The van der Waals surface area contributed by atoms with Crippen LogP contribution in [0.5, 0.6) is 0 Å². The number of benzene rings is 1. The molecule has 1 unspecified atom stereocenters. The van der Waals surface area contributed by atoms with Crippen molar-refractivity contribution < 1.29 is 13.7 Å². The molecule has 0 radical (unpaired) electrons. The number of esters is 1. The molecule has 0 bridgehead atoms. The van der Waals surface area contributed by atoms with Crippen molar-refractivity contribution in [3.8, 4) is 0 Å². The number of aryl methyl sites for hydroxylation is 1. The third-order valence-electron chi connectivity index (χ3n) is 3.06. The average molecular weight is 298 g/mol. The fourth-order valence-corrected chi connectivity index (χ4v) is 2.95. The van der Waals surface area contributed by atoms with E-state index >= 15 is 0 Å². The molecule has 5 nitrogen and oxygen atoms in total. The van der Waals surface area contributed by atoms with Crippen LogP contribution in [0.4, 0.5) is 0 Å². The van der Waals surface area contributed by atoms with Gasteiger partial charge in [-0.15, -0.1) is 0 Å². The zero-order valence-electron chi connectivity index (χ0n) is 12.3. The molecule has 0 heterocycles. The molecule has 0 spiro atoms. The second-order valence-corrected chi connectivity index (χ2v) is 6.26. The molecule has 1 rings (SSSR count). The van der Waals surface area contributed by atoms with Crippen molar-refractivity contribution in [1.82, 2.24) is 4.72 Å². The molecule has 1 aromatic rings. The topological polar surface area (TPSA) is 81.4 Å². The average Bonchev–Trinajstić information content (AvgIpc) is 2.43. The van der Waals surface area contributed by atoms with Gasteiger partial charge in [0.2, 0.25) is 0 Å². The molecular formula is C14H22N2O3S. The first-order valence-corrected chi connectivity index (χ1v) is 7.59. The monoisotopic (exact) mass is 298 g/mol. The maximum atomic E-state index is 12.3. The summed E-state index contributed by atoms with van der Waals surface area (Å²) in [6, 6.07) is 6.08. The molecule has 0 aliphatic heterocycles. The Kier molecular flexibility index (Phi) is 6.32. The first-order valence-electron chi connectivity index (χ1n) is 6.44. The van der Waals surface area contributed by atoms with Gasteiger partial charge in [-0.2, -0.15) is 0 Å². The lowest BCUT2D eigenvalue weighted by Crippen LogP contribution is -2.53. The highest BCUT2D eigenvalue weighted by Gasteiger charge is 2.29. The molecule has 1 aromatic carbocycles. The first-order chi connectivity index (χ1) is 9.36. The van der Waals surface area contributed by atoms with E-state index in [1.807, 2.05) is 32.9 Å². The third kappa shape index (κ3) is 4.40. The van der Waals surface area contributed by atoms with E-state index in [1.54, 1.807) is 12.1 Å². The molecule has 0 aromatic heterocycles. The van der Waals surface area contributed by atoms with Crippen LogP contribution in [0.1, 0.15) is 19.4 Å². The number of carbonyl (C=O) groups is 1. The highest BCUT2D eigenvalue weighted by molar-refractivity contribution is 7.83. The Bertz CT molecular complexity index is 474. The smallest absolute Gasteiger partial charge is 0.324 e. The van der Waals surface area contributed by atoms with Gasteiger partial charge in [0.15, 0.2) is 0 Å². The van der Waals surface area contributed by atoms with Gasteiger partial charge in [-0.25, -0.2) is 8.93 Å². The van der Waals surface area contributed by atoms with E-state index in [4.69, 9.17) is 5.73 Å². The summed E-state index contributed by atoms with van der Waals surface area (Å²) in [6.45, 7) is 5.78. The van der Waals surface area contributed by atoms with Gasteiger partial charge in [-0.05, 0) is 25.0 Å². The summed E-state index contributed by atoms with van der Waals surface area (Å²) < 4.78 is 19.8. The van der Waals surface area contributed by atoms with Crippen molar-refractivity contribution in [3.05, 3.63) is 29.8 Å². The maximum absolute atomic E-state index is 12.3. The van der Waals surface area contributed by atoms with E-state index < -0.39 is 29.0 Å². The van der Waals surface area contributed by atoms with Crippen molar-refractivity contribution in [2.24, 2.45) is 11.7 Å². The number of nitrogens with two attached hydrogens (primary N) is 1. The Balaban J connectivity index is 2.83. The lowest BCUT2D eigenvalue weighted by atomic mass is 9.98. The molecule has 0 saturated carbocycles. The third-order valence-corrected chi connectivity index (χ3v) is 4.24. The van der Waals surface area contributed by atoms with Gasteiger partial charge in [0.1, 0.15) is 17.0 Å². The Hall–Kier alpha value is -1.24. The summed E-state index contributed by atoms with van der Waals surface area (Å²) in [5, 5.41) is 0. The zero-order valence-corrected chi connectivity index (χ0v) is 13.1. The summed E-state index contributed by atoms with van der Waals surface area (Å²) >= 11 is 0. The summed E-state index contributed by atoms with van der Waals surface area (Å²) in [5.74, 6) is -0.476. The number of methoxy groups -OCH3 is 1. The van der Waals surface area contributed by atoms with E-state index in [2.05, 4.69) is 9.46 Å².